The Hall–Kier alpha value is -0.120. The molecule has 0 rings (SSSR count). The van der Waals surface area contributed by atoms with Gasteiger partial charge in [-0.15, -0.1) is 0 Å². The molecule has 0 fully saturated rings. The molecule has 0 amide bonds. The lowest BCUT2D eigenvalue weighted by molar-refractivity contribution is -0.0967. The van der Waals surface area contributed by atoms with Crippen LogP contribution in [0.3, 0.4) is 0 Å². The topological polar surface area (TPSA) is 41.5 Å². The van der Waals surface area contributed by atoms with Gasteiger partial charge < -0.3 is 9.84 Å². The van der Waals surface area contributed by atoms with Gasteiger partial charge in [0.25, 0.3) is 0 Å². The van der Waals surface area contributed by atoms with E-state index in [1.54, 1.807) is 0 Å². The molecule has 0 saturated carbocycles. The summed E-state index contributed by atoms with van der Waals surface area (Å²) in [7, 11) is 1.49. The zero-order chi connectivity index (χ0) is 11.5. The lowest BCUT2D eigenvalue weighted by Gasteiger charge is -2.14. The number of hydrogen-bond donors (Lipinski definition) is 2. The van der Waals surface area contributed by atoms with Crippen molar-refractivity contribution in [2.45, 2.75) is 58.8 Å². The van der Waals surface area contributed by atoms with Crippen LogP contribution in [0.15, 0.2) is 0 Å². The summed E-state index contributed by atoms with van der Waals surface area (Å²) in [5.74, 6) is 0.735. The van der Waals surface area contributed by atoms with Crippen molar-refractivity contribution in [3.63, 3.8) is 0 Å². The van der Waals surface area contributed by atoms with E-state index in [2.05, 4.69) is 23.9 Å². The largest absolute Gasteiger partial charge is 0.356 e. The van der Waals surface area contributed by atoms with E-state index in [1.807, 2.05) is 0 Å². The van der Waals surface area contributed by atoms with E-state index in [0.717, 1.165) is 18.9 Å². The van der Waals surface area contributed by atoms with Crippen LogP contribution in [0.5, 0.6) is 0 Å². The molecule has 0 bridgehead atoms. The first-order valence-corrected chi connectivity index (χ1v) is 6.15. The van der Waals surface area contributed by atoms with E-state index >= 15 is 0 Å². The predicted octanol–water partition coefficient (Wildman–Crippen LogP) is 2.49. The van der Waals surface area contributed by atoms with Crippen LogP contribution in [0.2, 0.25) is 0 Å². The van der Waals surface area contributed by atoms with Crippen molar-refractivity contribution in [1.82, 2.24) is 5.32 Å². The van der Waals surface area contributed by atoms with Gasteiger partial charge in [-0.3, -0.25) is 5.32 Å². The fourth-order valence-electron chi connectivity index (χ4n) is 1.60. The molecule has 0 aromatic carbocycles. The highest BCUT2D eigenvalue weighted by Crippen LogP contribution is 2.12. The van der Waals surface area contributed by atoms with Crippen molar-refractivity contribution in [3.8, 4) is 0 Å². The summed E-state index contributed by atoms with van der Waals surface area (Å²) in [5, 5.41) is 12.0. The number of nitrogens with one attached hydrogen (secondary N) is 1. The van der Waals surface area contributed by atoms with Crippen molar-refractivity contribution < 1.29 is 9.84 Å². The Labute approximate surface area is 94.2 Å². The van der Waals surface area contributed by atoms with Crippen LogP contribution in [-0.4, -0.2) is 25.2 Å². The van der Waals surface area contributed by atoms with Crippen molar-refractivity contribution in [2.75, 3.05) is 13.7 Å². The molecule has 0 aromatic heterocycles. The van der Waals surface area contributed by atoms with Crippen molar-refractivity contribution in [3.05, 3.63) is 0 Å². The molecule has 0 aliphatic rings. The highest BCUT2D eigenvalue weighted by atomic mass is 16.6. The molecule has 92 valence electrons. The summed E-state index contributed by atoms with van der Waals surface area (Å²) < 4.78 is 4.69. The summed E-state index contributed by atoms with van der Waals surface area (Å²) in [4.78, 5) is 0. The van der Waals surface area contributed by atoms with Crippen LogP contribution in [-0.2, 0) is 4.74 Å². The van der Waals surface area contributed by atoms with Gasteiger partial charge in [-0.25, -0.2) is 0 Å². The van der Waals surface area contributed by atoms with Crippen LogP contribution < -0.4 is 5.32 Å². The average molecular weight is 217 g/mol. The van der Waals surface area contributed by atoms with E-state index in [9.17, 15) is 0 Å². The van der Waals surface area contributed by atoms with Gasteiger partial charge in [0.1, 0.15) is 0 Å². The molecule has 1 unspecified atom stereocenters. The Balaban J connectivity index is 3.21. The first kappa shape index (κ1) is 14.9. The molecule has 3 nitrogen and oxygen atoms in total. The molecule has 15 heavy (non-hydrogen) atoms. The average Bonchev–Trinajstić information content (AvgIpc) is 2.24. The zero-order valence-corrected chi connectivity index (χ0v) is 10.5. The molecule has 0 saturated heterocycles. The Kier molecular flexibility index (Phi) is 10.3. The third-order valence-corrected chi connectivity index (χ3v) is 2.73. The Morgan fingerprint density at radius 3 is 2.53 bits per heavy atom. The van der Waals surface area contributed by atoms with E-state index < -0.39 is 6.41 Å². The molecule has 3 heteroatoms. The molecule has 0 aliphatic heterocycles. The van der Waals surface area contributed by atoms with Crippen LogP contribution in [0.4, 0.5) is 0 Å². The number of aliphatic hydroxyl groups excluding tert-OH is 1. The van der Waals surface area contributed by atoms with E-state index in [1.165, 1.54) is 39.2 Å². The van der Waals surface area contributed by atoms with Crippen molar-refractivity contribution in [2.24, 2.45) is 5.92 Å². The van der Waals surface area contributed by atoms with Crippen LogP contribution in [0, 0.1) is 5.92 Å². The van der Waals surface area contributed by atoms with Crippen molar-refractivity contribution >= 4 is 0 Å². The fourth-order valence-corrected chi connectivity index (χ4v) is 1.60. The highest BCUT2D eigenvalue weighted by Gasteiger charge is 2.03. The highest BCUT2D eigenvalue weighted by molar-refractivity contribution is 4.56. The number of aliphatic hydroxyl groups is 1. The minimum Gasteiger partial charge on any atom is -0.356 e. The first-order valence-electron chi connectivity index (χ1n) is 6.15. The monoisotopic (exact) mass is 217 g/mol. The number of unbranched alkanes of at least 4 members (excludes halogenated alkanes) is 3. The van der Waals surface area contributed by atoms with Gasteiger partial charge in [-0.2, -0.15) is 0 Å². The summed E-state index contributed by atoms with van der Waals surface area (Å²) in [6.45, 7) is 5.33. The van der Waals surface area contributed by atoms with Crippen LogP contribution >= 0.6 is 0 Å². The van der Waals surface area contributed by atoms with Gasteiger partial charge in [-0.05, 0) is 18.9 Å². The standard InChI is InChI=1S/C12H27NO2/c1-4-5-6-7-8-11(2)9-10-13-12(14)15-3/h11-14H,4-10H2,1-3H3/t11-,12?/m0/s1. The second kappa shape index (κ2) is 10.4. The van der Waals surface area contributed by atoms with Gasteiger partial charge in [-0.1, -0.05) is 46.0 Å². The van der Waals surface area contributed by atoms with Crippen LogP contribution in [0.1, 0.15) is 52.4 Å². The molecule has 2 atom stereocenters. The molecule has 0 radical (unpaired) electrons. The molecule has 0 spiro atoms. The maximum Gasteiger partial charge on any atom is 0.213 e. The van der Waals surface area contributed by atoms with Crippen LogP contribution in [0.25, 0.3) is 0 Å². The maximum atomic E-state index is 9.08. The normalized spacial score (nSPS) is 15.2. The molecule has 0 aliphatic carbocycles. The van der Waals surface area contributed by atoms with Gasteiger partial charge >= 0.3 is 0 Å². The Bertz CT molecular complexity index is 131. The van der Waals surface area contributed by atoms with Crippen molar-refractivity contribution in [1.29, 1.82) is 0 Å². The lowest BCUT2D eigenvalue weighted by atomic mass is 9.99. The molecular formula is C12H27NO2. The summed E-state index contributed by atoms with van der Waals surface area (Å²) in [6, 6.07) is 0. The number of rotatable bonds is 10. The maximum absolute atomic E-state index is 9.08. The molecule has 2 N–H and O–H groups in total. The minimum atomic E-state index is -0.808. The van der Waals surface area contributed by atoms with Gasteiger partial charge in [0.05, 0.1) is 0 Å². The number of hydrogen-bond acceptors (Lipinski definition) is 3. The van der Waals surface area contributed by atoms with E-state index in [4.69, 9.17) is 5.11 Å². The van der Waals surface area contributed by atoms with E-state index in [0.29, 0.717) is 0 Å². The fraction of sp³-hybridized carbons (Fsp3) is 1.00. The van der Waals surface area contributed by atoms with Gasteiger partial charge in [0, 0.05) is 7.11 Å². The molecular weight excluding hydrogens is 190 g/mol. The lowest BCUT2D eigenvalue weighted by Crippen LogP contribution is -2.31. The quantitative estimate of drug-likeness (QED) is 0.436. The second-order valence-corrected chi connectivity index (χ2v) is 4.29. The third kappa shape index (κ3) is 10.2. The molecule has 0 heterocycles. The zero-order valence-electron chi connectivity index (χ0n) is 10.5. The first-order chi connectivity index (χ1) is 7.20. The summed E-state index contributed by atoms with van der Waals surface area (Å²) >= 11 is 0. The third-order valence-electron chi connectivity index (χ3n) is 2.73. The van der Waals surface area contributed by atoms with E-state index in [-0.39, 0.29) is 0 Å². The molecule has 0 aromatic rings. The predicted molar refractivity (Wildman–Crippen MR) is 63.6 cm³/mol. The number of ether oxygens (including phenoxy) is 1. The minimum absolute atomic E-state index is 0.735. The Morgan fingerprint density at radius 1 is 1.20 bits per heavy atom. The number of methoxy groups -OCH3 is 1. The summed E-state index contributed by atoms with van der Waals surface area (Å²) in [5.41, 5.74) is 0. The summed E-state index contributed by atoms with van der Waals surface area (Å²) in [6.07, 6.45) is 6.94. The smallest absolute Gasteiger partial charge is 0.213 e. The Morgan fingerprint density at radius 2 is 1.93 bits per heavy atom. The van der Waals surface area contributed by atoms with Gasteiger partial charge in [0.15, 0.2) is 0 Å². The second-order valence-electron chi connectivity index (χ2n) is 4.29. The van der Waals surface area contributed by atoms with Gasteiger partial charge in [0.2, 0.25) is 6.41 Å². The SMILES string of the molecule is CCCCCC[C@H](C)CCNC(O)OC.